The van der Waals surface area contributed by atoms with Crippen molar-refractivity contribution in [2.75, 3.05) is 13.2 Å². The molecule has 1 atom stereocenters. The highest BCUT2D eigenvalue weighted by Crippen LogP contribution is 2.18. The van der Waals surface area contributed by atoms with Crippen LogP contribution in [0.25, 0.3) is 0 Å². The molecule has 1 heterocycles. The van der Waals surface area contributed by atoms with Crippen molar-refractivity contribution in [1.82, 2.24) is 15.1 Å². The van der Waals surface area contributed by atoms with E-state index in [0.29, 0.717) is 12.5 Å². The van der Waals surface area contributed by atoms with Gasteiger partial charge in [0.2, 0.25) is 0 Å². The molecule has 0 aliphatic carbocycles. The molecule has 1 aromatic heterocycles. The molecule has 92 valence electrons. The molecule has 1 aromatic rings. The van der Waals surface area contributed by atoms with Crippen LogP contribution in [0.15, 0.2) is 0 Å². The number of nitrogens with zero attached hydrogens (tertiary/aromatic N) is 2. The van der Waals surface area contributed by atoms with Crippen LogP contribution in [0.3, 0.4) is 0 Å². The molecule has 0 fully saturated rings. The van der Waals surface area contributed by atoms with Gasteiger partial charge in [-0.3, -0.25) is 4.68 Å². The van der Waals surface area contributed by atoms with Crippen LogP contribution in [0.4, 0.5) is 0 Å². The predicted octanol–water partition coefficient (Wildman–Crippen LogP) is 1.49. The summed E-state index contributed by atoms with van der Waals surface area (Å²) in [5.41, 5.74) is 1.87. The standard InChI is InChI=1S/C11H20ClN3O/c1-8(4-5-16)6-13-7-10-11(12)9(2)14-15(10)3/h8,13,16H,4-7H2,1-3H3. The van der Waals surface area contributed by atoms with Gasteiger partial charge in [0.15, 0.2) is 0 Å². The number of hydrogen-bond acceptors (Lipinski definition) is 3. The highest BCUT2D eigenvalue weighted by atomic mass is 35.5. The van der Waals surface area contributed by atoms with Crippen molar-refractivity contribution in [2.45, 2.75) is 26.8 Å². The van der Waals surface area contributed by atoms with Gasteiger partial charge in [-0.2, -0.15) is 5.10 Å². The van der Waals surface area contributed by atoms with Crippen LogP contribution < -0.4 is 5.32 Å². The zero-order valence-electron chi connectivity index (χ0n) is 10.1. The molecule has 0 amide bonds. The number of hydrogen-bond donors (Lipinski definition) is 2. The summed E-state index contributed by atoms with van der Waals surface area (Å²) >= 11 is 6.13. The van der Waals surface area contributed by atoms with Crippen LogP contribution in [0.5, 0.6) is 0 Å². The van der Waals surface area contributed by atoms with Gasteiger partial charge in [-0.25, -0.2) is 0 Å². The van der Waals surface area contributed by atoms with Crippen LogP contribution in [-0.2, 0) is 13.6 Å². The van der Waals surface area contributed by atoms with E-state index in [4.69, 9.17) is 16.7 Å². The Labute approximate surface area is 102 Å². The average molecular weight is 246 g/mol. The Hall–Kier alpha value is -0.580. The third-order valence-electron chi connectivity index (χ3n) is 2.67. The first-order chi connectivity index (χ1) is 7.56. The minimum atomic E-state index is 0.244. The van der Waals surface area contributed by atoms with E-state index in [2.05, 4.69) is 17.3 Å². The van der Waals surface area contributed by atoms with Gasteiger partial charge in [0.1, 0.15) is 0 Å². The largest absolute Gasteiger partial charge is 0.396 e. The molecule has 0 bridgehead atoms. The van der Waals surface area contributed by atoms with Gasteiger partial charge in [-0.15, -0.1) is 0 Å². The molecule has 2 N–H and O–H groups in total. The van der Waals surface area contributed by atoms with Crippen molar-refractivity contribution in [3.63, 3.8) is 0 Å². The second-order valence-corrected chi connectivity index (χ2v) is 4.60. The zero-order valence-corrected chi connectivity index (χ0v) is 10.9. The van der Waals surface area contributed by atoms with Crippen LogP contribution >= 0.6 is 11.6 Å². The molecule has 0 saturated carbocycles. The van der Waals surface area contributed by atoms with Gasteiger partial charge in [-0.1, -0.05) is 18.5 Å². The first kappa shape index (κ1) is 13.5. The Morgan fingerprint density at radius 3 is 2.75 bits per heavy atom. The van der Waals surface area contributed by atoms with Gasteiger partial charge >= 0.3 is 0 Å². The second-order valence-electron chi connectivity index (χ2n) is 4.22. The lowest BCUT2D eigenvalue weighted by atomic mass is 10.1. The minimum absolute atomic E-state index is 0.244. The second kappa shape index (κ2) is 6.23. The van der Waals surface area contributed by atoms with Crippen LogP contribution in [-0.4, -0.2) is 28.0 Å². The maximum absolute atomic E-state index is 8.78. The van der Waals surface area contributed by atoms with Gasteiger partial charge in [-0.05, 0) is 25.8 Å². The van der Waals surface area contributed by atoms with Crippen molar-refractivity contribution >= 4 is 11.6 Å². The lowest BCUT2D eigenvalue weighted by Gasteiger charge is -2.11. The highest BCUT2D eigenvalue weighted by molar-refractivity contribution is 6.31. The number of aryl methyl sites for hydroxylation is 2. The Bertz CT molecular complexity index is 338. The molecule has 5 heteroatoms. The molecule has 0 radical (unpaired) electrons. The third-order valence-corrected chi connectivity index (χ3v) is 3.16. The number of aliphatic hydroxyl groups is 1. The summed E-state index contributed by atoms with van der Waals surface area (Å²) in [6, 6.07) is 0. The Balaban J connectivity index is 2.43. The van der Waals surface area contributed by atoms with Crippen LogP contribution in [0.1, 0.15) is 24.7 Å². The molecule has 1 unspecified atom stereocenters. The fraction of sp³-hybridized carbons (Fsp3) is 0.727. The van der Waals surface area contributed by atoms with E-state index in [9.17, 15) is 0 Å². The molecule has 16 heavy (non-hydrogen) atoms. The number of rotatable bonds is 6. The summed E-state index contributed by atoms with van der Waals surface area (Å²) in [5.74, 6) is 0.470. The monoisotopic (exact) mass is 245 g/mol. The number of halogens is 1. The molecule has 0 aliphatic heterocycles. The maximum atomic E-state index is 8.78. The van der Waals surface area contributed by atoms with Gasteiger partial charge < -0.3 is 10.4 Å². The maximum Gasteiger partial charge on any atom is 0.0860 e. The lowest BCUT2D eigenvalue weighted by molar-refractivity contribution is 0.260. The zero-order chi connectivity index (χ0) is 12.1. The molecule has 1 rings (SSSR count). The highest BCUT2D eigenvalue weighted by Gasteiger charge is 2.10. The summed E-state index contributed by atoms with van der Waals surface area (Å²) in [6.07, 6.45) is 0.825. The van der Waals surface area contributed by atoms with Crippen molar-refractivity contribution in [2.24, 2.45) is 13.0 Å². The molecule has 0 spiro atoms. The van der Waals surface area contributed by atoms with E-state index in [0.717, 1.165) is 29.4 Å². The van der Waals surface area contributed by atoms with Crippen molar-refractivity contribution < 1.29 is 5.11 Å². The van der Waals surface area contributed by atoms with E-state index in [1.54, 1.807) is 4.68 Å². The van der Waals surface area contributed by atoms with Crippen molar-refractivity contribution in [3.05, 3.63) is 16.4 Å². The quantitative estimate of drug-likeness (QED) is 0.799. The summed E-state index contributed by atoms with van der Waals surface area (Å²) < 4.78 is 1.81. The normalized spacial score (nSPS) is 13.1. The third kappa shape index (κ3) is 3.47. The topological polar surface area (TPSA) is 50.1 Å². The van der Waals surface area contributed by atoms with Crippen LogP contribution in [0.2, 0.25) is 5.02 Å². The molecule has 0 aromatic carbocycles. The van der Waals surface area contributed by atoms with E-state index in [1.165, 1.54) is 0 Å². The van der Waals surface area contributed by atoms with E-state index in [-0.39, 0.29) is 6.61 Å². The average Bonchev–Trinajstić information content (AvgIpc) is 2.45. The van der Waals surface area contributed by atoms with E-state index < -0.39 is 0 Å². The number of aromatic nitrogens is 2. The molecule has 4 nitrogen and oxygen atoms in total. The number of aliphatic hydroxyl groups excluding tert-OH is 1. The minimum Gasteiger partial charge on any atom is -0.396 e. The van der Waals surface area contributed by atoms with Crippen molar-refractivity contribution in [3.8, 4) is 0 Å². The molecule has 0 saturated heterocycles. The summed E-state index contributed by atoms with van der Waals surface area (Å²) in [6.45, 7) is 5.85. The molecule has 0 aliphatic rings. The smallest absolute Gasteiger partial charge is 0.0860 e. The molecular formula is C11H20ClN3O. The summed E-state index contributed by atoms with van der Waals surface area (Å²) in [5, 5.41) is 17.1. The Morgan fingerprint density at radius 2 is 2.25 bits per heavy atom. The first-order valence-corrected chi connectivity index (χ1v) is 5.93. The Morgan fingerprint density at radius 1 is 1.56 bits per heavy atom. The van der Waals surface area contributed by atoms with E-state index >= 15 is 0 Å². The summed E-state index contributed by atoms with van der Waals surface area (Å²) in [4.78, 5) is 0. The fourth-order valence-electron chi connectivity index (χ4n) is 1.63. The lowest BCUT2D eigenvalue weighted by Crippen LogP contribution is -2.22. The van der Waals surface area contributed by atoms with Crippen molar-refractivity contribution in [1.29, 1.82) is 0 Å². The SMILES string of the molecule is Cc1nn(C)c(CNCC(C)CCO)c1Cl. The first-order valence-electron chi connectivity index (χ1n) is 5.55. The van der Waals surface area contributed by atoms with Gasteiger partial charge in [0, 0.05) is 20.2 Å². The van der Waals surface area contributed by atoms with E-state index in [1.807, 2.05) is 14.0 Å². The van der Waals surface area contributed by atoms with Crippen LogP contribution in [0, 0.1) is 12.8 Å². The fourth-order valence-corrected chi connectivity index (χ4v) is 1.86. The Kier molecular flexibility index (Phi) is 5.25. The summed E-state index contributed by atoms with van der Waals surface area (Å²) in [7, 11) is 1.90. The number of nitrogens with one attached hydrogen (secondary N) is 1. The van der Waals surface area contributed by atoms with Gasteiger partial charge in [0.25, 0.3) is 0 Å². The molecular weight excluding hydrogens is 226 g/mol. The van der Waals surface area contributed by atoms with Gasteiger partial charge in [0.05, 0.1) is 16.4 Å². The predicted molar refractivity (Wildman–Crippen MR) is 65.5 cm³/mol.